The van der Waals surface area contributed by atoms with Crippen LogP contribution < -0.4 is 4.74 Å². The molecule has 0 atom stereocenters. The normalized spacial score (nSPS) is 10.7. The molecule has 3 aromatic rings. The molecule has 0 unspecified atom stereocenters. The number of aryl methyl sites for hydroxylation is 2. The summed E-state index contributed by atoms with van der Waals surface area (Å²) in [7, 11) is 1.73. The number of carbonyl (C=O) groups excluding carboxylic acids is 1. The Morgan fingerprint density at radius 3 is 2.80 bits per heavy atom. The molecule has 0 spiro atoms. The molecule has 130 valence electrons. The molecule has 0 aliphatic heterocycles. The lowest BCUT2D eigenvalue weighted by Gasteiger charge is -2.16. The van der Waals surface area contributed by atoms with Crippen molar-refractivity contribution in [3.8, 4) is 5.75 Å². The van der Waals surface area contributed by atoms with E-state index in [1.807, 2.05) is 37.4 Å². The molecule has 0 aliphatic carbocycles. The number of thiazole rings is 1. The maximum absolute atomic E-state index is 12.6. The molecule has 2 heterocycles. The minimum atomic E-state index is -0.101. The molecule has 0 radical (unpaired) electrons. The van der Waals surface area contributed by atoms with E-state index in [1.54, 1.807) is 35.4 Å². The molecule has 6 nitrogen and oxygen atoms in total. The first-order valence-corrected chi connectivity index (χ1v) is 8.71. The van der Waals surface area contributed by atoms with Gasteiger partial charge < -0.3 is 14.2 Å². The van der Waals surface area contributed by atoms with Gasteiger partial charge in [-0.15, -0.1) is 11.3 Å². The second-order valence-electron chi connectivity index (χ2n) is 5.76. The molecule has 0 N–H and O–H groups in total. The molecule has 1 amide bonds. The van der Waals surface area contributed by atoms with E-state index in [4.69, 9.17) is 9.26 Å². The Hall–Kier alpha value is -2.67. The molecule has 3 rings (SSSR count). The Labute approximate surface area is 150 Å². The van der Waals surface area contributed by atoms with Crippen molar-refractivity contribution in [1.29, 1.82) is 0 Å². The molecular formula is C18H19N3O3S. The zero-order valence-corrected chi connectivity index (χ0v) is 15.2. The van der Waals surface area contributed by atoms with Crippen molar-refractivity contribution < 1.29 is 14.1 Å². The van der Waals surface area contributed by atoms with E-state index in [0.717, 1.165) is 22.2 Å². The van der Waals surface area contributed by atoms with Gasteiger partial charge in [0.05, 0.1) is 17.2 Å². The fraction of sp³-hybridized carbons (Fsp3) is 0.278. The summed E-state index contributed by atoms with van der Waals surface area (Å²) >= 11 is 1.59. The Kier molecular flexibility index (Phi) is 5.14. The van der Waals surface area contributed by atoms with Crippen LogP contribution in [0.25, 0.3) is 0 Å². The minimum absolute atomic E-state index is 0.101. The van der Waals surface area contributed by atoms with Gasteiger partial charge in [-0.3, -0.25) is 4.79 Å². The molecule has 0 fully saturated rings. The quantitative estimate of drug-likeness (QED) is 0.674. The Morgan fingerprint density at radius 1 is 1.28 bits per heavy atom. The predicted molar refractivity (Wildman–Crippen MR) is 94.7 cm³/mol. The molecule has 2 aromatic heterocycles. The molecule has 7 heteroatoms. The van der Waals surface area contributed by atoms with Crippen LogP contribution in [-0.2, 0) is 13.2 Å². The van der Waals surface area contributed by atoms with Crippen LogP contribution in [0, 0.1) is 13.8 Å². The van der Waals surface area contributed by atoms with Crippen molar-refractivity contribution in [3.05, 3.63) is 63.4 Å². The van der Waals surface area contributed by atoms with Gasteiger partial charge in [-0.1, -0.05) is 11.2 Å². The number of ether oxygens (including phenoxy) is 1. The van der Waals surface area contributed by atoms with Gasteiger partial charge in [0.2, 0.25) is 0 Å². The summed E-state index contributed by atoms with van der Waals surface area (Å²) in [6, 6.07) is 8.97. The molecule has 0 aliphatic rings. The molecule has 25 heavy (non-hydrogen) atoms. The lowest BCUT2D eigenvalue weighted by Crippen LogP contribution is -2.26. The van der Waals surface area contributed by atoms with Crippen LogP contribution in [0.5, 0.6) is 5.75 Å². The van der Waals surface area contributed by atoms with Crippen molar-refractivity contribution in [2.45, 2.75) is 27.0 Å². The maximum atomic E-state index is 12.6. The van der Waals surface area contributed by atoms with E-state index in [9.17, 15) is 4.79 Å². The summed E-state index contributed by atoms with van der Waals surface area (Å²) in [6.07, 6.45) is 0. The van der Waals surface area contributed by atoms with Crippen LogP contribution in [0.1, 0.15) is 32.5 Å². The summed E-state index contributed by atoms with van der Waals surface area (Å²) in [5, 5.41) is 6.89. The lowest BCUT2D eigenvalue weighted by molar-refractivity contribution is 0.0781. The number of nitrogens with zero attached hydrogens (tertiary/aromatic N) is 3. The Balaban J connectivity index is 1.64. The van der Waals surface area contributed by atoms with Crippen LogP contribution in [0.4, 0.5) is 0 Å². The Morgan fingerprint density at radius 2 is 2.12 bits per heavy atom. The molecule has 1 aromatic carbocycles. The predicted octanol–water partition coefficient (Wildman–Crippen LogP) is 3.60. The van der Waals surface area contributed by atoms with Crippen molar-refractivity contribution in [1.82, 2.24) is 15.0 Å². The SMILES string of the molecule is Cc1cc(CN(C)C(=O)c2cccc(OCc3csc(C)n3)c2)no1. The molecule has 0 saturated heterocycles. The molecule has 0 bridgehead atoms. The highest BCUT2D eigenvalue weighted by Gasteiger charge is 2.14. The topological polar surface area (TPSA) is 68.5 Å². The first-order valence-electron chi connectivity index (χ1n) is 7.83. The van der Waals surface area contributed by atoms with Crippen LogP contribution in [0.3, 0.4) is 0 Å². The monoisotopic (exact) mass is 357 g/mol. The number of amides is 1. The van der Waals surface area contributed by atoms with Crippen molar-refractivity contribution in [2.75, 3.05) is 7.05 Å². The van der Waals surface area contributed by atoms with Crippen molar-refractivity contribution in [2.24, 2.45) is 0 Å². The highest BCUT2D eigenvalue weighted by Crippen LogP contribution is 2.18. The molecular weight excluding hydrogens is 338 g/mol. The van der Waals surface area contributed by atoms with Crippen LogP contribution in [-0.4, -0.2) is 28.0 Å². The van der Waals surface area contributed by atoms with E-state index in [2.05, 4.69) is 10.1 Å². The number of hydrogen-bond donors (Lipinski definition) is 0. The van der Waals surface area contributed by atoms with Gasteiger partial charge >= 0.3 is 0 Å². The van der Waals surface area contributed by atoms with Crippen LogP contribution >= 0.6 is 11.3 Å². The largest absolute Gasteiger partial charge is 0.487 e. The van der Waals surface area contributed by atoms with Gasteiger partial charge in [0, 0.05) is 24.1 Å². The number of rotatable bonds is 6. The minimum Gasteiger partial charge on any atom is -0.487 e. The summed E-state index contributed by atoms with van der Waals surface area (Å²) in [6.45, 7) is 4.55. The van der Waals surface area contributed by atoms with Gasteiger partial charge in [0.1, 0.15) is 23.8 Å². The maximum Gasteiger partial charge on any atom is 0.254 e. The first-order chi connectivity index (χ1) is 12.0. The molecule has 0 saturated carbocycles. The smallest absolute Gasteiger partial charge is 0.254 e. The Bertz CT molecular complexity index is 872. The zero-order chi connectivity index (χ0) is 17.8. The summed E-state index contributed by atoms with van der Waals surface area (Å²) < 4.78 is 10.8. The third-order valence-corrected chi connectivity index (χ3v) is 4.38. The number of benzene rings is 1. The summed E-state index contributed by atoms with van der Waals surface area (Å²) in [5.74, 6) is 1.27. The number of carbonyl (C=O) groups is 1. The average Bonchev–Trinajstić information content (AvgIpc) is 3.20. The third-order valence-electron chi connectivity index (χ3n) is 3.56. The van der Waals surface area contributed by atoms with E-state index in [0.29, 0.717) is 24.5 Å². The van der Waals surface area contributed by atoms with E-state index >= 15 is 0 Å². The number of aromatic nitrogens is 2. The van der Waals surface area contributed by atoms with Gasteiger partial charge in [-0.25, -0.2) is 4.98 Å². The highest BCUT2D eigenvalue weighted by molar-refractivity contribution is 7.09. The summed E-state index contributed by atoms with van der Waals surface area (Å²) in [5.41, 5.74) is 2.17. The standard InChI is InChI=1S/C18H19N3O3S/c1-12-7-15(20-24-12)9-21(3)18(22)14-5-4-6-17(8-14)23-10-16-11-25-13(2)19-16/h4-8,11H,9-10H2,1-3H3. The van der Waals surface area contributed by atoms with Gasteiger partial charge in [-0.2, -0.15) is 0 Å². The lowest BCUT2D eigenvalue weighted by atomic mass is 10.2. The zero-order valence-electron chi connectivity index (χ0n) is 14.4. The second kappa shape index (κ2) is 7.48. The van der Waals surface area contributed by atoms with Crippen molar-refractivity contribution in [3.63, 3.8) is 0 Å². The van der Waals surface area contributed by atoms with Gasteiger partial charge in [0.25, 0.3) is 5.91 Å². The van der Waals surface area contributed by atoms with E-state index in [1.165, 1.54) is 0 Å². The van der Waals surface area contributed by atoms with Crippen molar-refractivity contribution >= 4 is 17.2 Å². The van der Waals surface area contributed by atoms with E-state index < -0.39 is 0 Å². The van der Waals surface area contributed by atoms with Crippen LogP contribution in [0.2, 0.25) is 0 Å². The second-order valence-corrected chi connectivity index (χ2v) is 6.83. The van der Waals surface area contributed by atoms with E-state index in [-0.39, 0.29) is 5.91 Å². The average molecular weight is 357 g/mol. The van der Waals surface area contributed by atoms with Gasteiger partial charge in [0.15, 0.2) is 0 Å². The fourth-order valence-electron chi connectivity index (χ4n) is 2.38. The van der Waals surface area contributed by atoms with Crippen LogP contribution in [0.15, 0.2) is 40.2 Å². The van der Waals surface area contributed by atoms with Gasteiger partial charge in [-0.05, 0) is 32.0 Å². The first kappa shape index (κ1) is 17.2. The number of hydrogen-bond acceptors (Lipinski definition) is 6. The third kappa shape index (κ3) is 4.45. The summed E-state index contributed by atoms with van der Waals surface area (Å²) in [4.78, 5) is 18.5. The fourth-order valence-corrected chi connectivity index (χ4v) is 2.98. The highest BCUT2D eigenvalue weighted by atomic mass is 32.1.